The minimum Gasteiger partial charge on any atom is -0.486 e. The van der Waals surface area contributed by atoms with Crippen molar-refractivity contribution in [2.45, 2.75) is 19.6 Å². The van der Waals surface area contributed by atoms with Crippen LogP contribution in [0.2, 0.25) is 0 Å². The van der Waals surface area contributed by atoms with Crippen molar-refractivity contribution in [2.75, 3.05) is 0 Å². The predicted octanol–water partition coefficient (Wildman–Crippen LogP) is 4.69. The quantitative estimate of drug-likeness (QED) is 0.730. The molecule has 0 saturated heterocycles. The molecule has 0 fully saturated rings. The average molecular weight is 364 g/mol. The molecule has 21 heavy (non-hydrogen) atoms. The van der Waals surface area contributed by atoms with Gasteiger partial charge in [0, 0.05) is 10.0 Å². The number of fused-ring (bicyclic) bond motifs is 1. The number of halogens is 1. The fourth-order valence-electron chi connectivity index (χ4n) is 2.10. The molecule has 1 atom stereocenters. The van der Waals surface area contributed by atoms with E-state index < -0.39 is 6.10 Å². The van der Waals surface area contributed by atoms with Crippen LogP contribution in [0.25, 0.3) is 10.2 Å². The molecule has 0 saturated carbocycles. The summed E-state index contributed by atoms with van der Waals surface area (Å²) in [6, 6.07) is 13.7. The molecular formula is C16H14BrNO2S. The molecule has 0 bridgehead atoms. The molecule has 3 nitrogen and oxygen atoms in total. The Morgan fingerprint density at radius 1 is 1.29 bits per heavy atom. The van der Waals surface area contributed by atoms with Crippen LogP contribution < -0.4 is 4.74 Å². The minimum absolute atomic E-state index is 0.398. The Kier molecular flexibility index (Phi) is 4.24. The van der Waals surface area contributed by atoms with Crippen LogP contribution in [0.3, 0.4) is 0 Å². The number of ether oxygens (including phenoxy) is 1. The van der Waals surface area contributed by atoms with E-state index in [-0.39, 0.29) is 0 Å². The van der Waals surface area contributed by atoms with Gasteiger partial charge in [-0.15, -0.1) is 11.3 Å². The molecule has 1 N–H and O–H groups in total. The largest absolute Gasteiger partial charge is 0.486 e. The molecule has 0 aliphatic heterocycles. The normalized spacial score (nSPS) is 12.5. The highest BCUT2D eigenvalue weighted by Crippen LogP contribution is 2.30. The Morgan fingerprint density at radius 3 is 2.86 bits per heavy atom. The van der Waals surface area contributed by atoms with Crippen molar-refractivity contribution in [1.82, 2.24) is 4.98 Å². The number of aliphatic hydroxyl groups is 1. The van der Waals surface area contributed by atoms with Gasteiger partial charge in [-0.2, -0.15) is 0 Å². The first-order valence-corrected chi connectivity index (χ1v) is 8.19. The van der Waals surface area contributed by atoms with Gasteiger partial charge in [0.2, 0.25) is 0 Å². The molecule has 2 aromatic carbocycles. The number of aliphatic hydroxyl groups excluding tert-OH is 1. The predicted molar refractivity (Wildman–Crippen MR) is 88.7 cm³/mol. The Morgan fingerprint density at radius 2 is 2.10 bits per heavy atom. The Balaban J connectivity index is 1.82. The summed E-state index contributed by atoms with van der Waals surface area (Å²) in [7, 11) is 0. The molecule has 3 aromatic rings. The van der Waals surface area contributed by atoms with Gasteiger partial charge in [-0.05, 0) is 31.2 Å². The van der Waals surface area contributed by atoms with Crippen LogP contribution in [-0.4, -0.2) is 10.1 Å². The number of thiazole rings is 1. The van der Waals surface area contributed by atoms with Crippen molar-refractivity contribution in [2.24, 2.45) is 0 Å². The molecule has 1 aromatic heterocycles. The van der Waals surface area contributed by atoms with Crippen LogP contribution >= 0.6 is 27.3 Å². The summed E-state index contributed by atoms with van der Waals surface area (Å²) in [5.74, 6) is 0.679. The second kappa shape index (κ2) is 6.13. The lowest BCUT2D eigenvalue weighted by Crippen LogP contribution is -2.00. The van der Waals surface area contributed by atoms with Crippen molar-refractivity contribution in [1.29, 1.82) is 0 Å². The van der Waals surface area contributed by atoms with E-state index in [2.05, 4.69) is 27.0 Å². The van der Waals surface area contributed by atoms with Crippen LogP contribution in [0, 0.1) is 0 Å². The SMILES string of the molecule is C[C@@H](O)c1ccc(Br)cc1OCc1nc2ccccc2s1. The van der Waals surface area contributed by atoms with Crippen molar-refractivity contribution >= 4 is 37.5 Å². The first-order valence-electron chi connectivity index (χ1n) is 6.58. The topological polar surface area (TPSA) is 42.4 Å². The van der Waals surface area contributed by atoms with Gasteiger partial charge in [-0.25, -0.2) is 4.98 Å². The van der Waals surface area contributed by atoms with Crippen LogP contribution in [0.15, 0.2) is 46.9 Å². The third kappa shape index (κ3) is 3.26. The van der Waals surface area contributed by atoms with E-state index in [0.717, 1.165) is 25.3 Å². The second-order valence-electron chi connectivity index (χ2n) is 4.72. The Hall–Kier alpha value is -1.43. The van der Waals surface area contributed by atoms with Gasteiger partial charge >= 0.3 is 0 Å². The van der Waals surface area contributed by atoms with E-state index in [1.165, 1.54) is 0 Å². The smallest absolute Gasteiger partial charge is 0.140 e. The second-order valence-corrected chi connectivity index (χ2v) is 6.75. The molecule has 5 heteroatoms. The number of nitrogens with zero attached hydrogens (tertiary/aromatic N) is 1. The Bertz CT molecular complexity index is 737. The molecular weight excluding hydrogens is 350 g/mol. The zero-order chi connectivity index (χ0) is 14.8. The highest BCUT2D eigenvalue weighted by atomic mass is 79.9. The fraction of sp³-hybridized carbons (Fsp3) is 0.188. The third-order valence-electron chi connectivity index (χ3n) is 3.12. The number of hydrogen-bond donors (Lipinski definition) is 1. The molecule has 3 rings (SSSR count). The van der Waals surface area contributed by atoms with Gasteiger partial charge in [0.1, 0.15) is 17.4 Å². The molecule has 0 aliphatic carbocycles. The standard InChI is InChI=1S/C16H14BrNO2S/c1-10(19)12-7-6-11(17)8-14(12)20-9-16-18-13-4-2-3-5-15(13)21-16/h2-8,10,19H,9H2,1H3/t10-/m1/s1. The van der Waals surface area contributed by atoms with E-state index >= 15 is 0 Å². The van der Waals surface area contributed by atoms with Gasteiger partial charge in [0.15, 0.2) is 0 Å². The van der Waals surface area contributed by atoms with Crippen LogP contribution in [0.1, 0.15) is 23.6 Å². The maximum absolute atomic E-state index is 9.80. The molecule has 0 amide bonds. The summed E-state index contributed by atoms with van der Waals surface area (Å²) in [6.45, 7) is 2.13. The lowest BCUT2D eigenvalue weighted by Gasteiger charge is -2.13. The fourth-order valence-corrected chi connectivity index (χ4v) is 3.32. The van der Waals surface area contributed by atoms with Crippen molar-refractivity contribution in [3.05, 3.63) is 57.5 Å². The number of aromatic nitrogens is 1. The summed E-state index contributed by atoms with van der Waals surface area (Å²) in [6.07, 6.45) is -0.566. The van der Waals surface area contributed by atoms with E-state index in [0.29, 0.717) is 12.4 Å². The zero-order valence-electron chi connectivity index (χ0n) is 11.4. The summed E-state index contributed by atoms with van der Waals surface area (Å²) < 4.78 is 7.93. The van der Waals surface area contributed by atoms with E-state index in [1.807, 2.05) is 36.4 Å². The lowest BCUT2D eigenvalue weighted by molar-refractivity contribution is 0.190. The lowest BCUT2D eigenvalue weighted by atomic mass is 10.1. The first kappa shape index (κ1) is 14.5. The van der Waals surface area contributed by atoms with E-state index in [1.54, 1.807) is 18.3 Å². The van der Waals surface area contributed by atoms with E-state index in [4.69, 9.17) is 4.74 Å². The van der Waals surface area contributed by atoms with Crippen molar-refractivity contribution < 1.29 is 9.84 Å². The van der Waals surface area contributed by atoms with Crippen LogP contribution in [0.4, 0.5) is 0 Å². The van der Waals surface area contributed by atoms with Crippen LogP contribution in [-0.2, 0) is 6.61 Å². The van der Waals surface area contributed by atoms with Gasteiger partial charge in [0.05, 0.1) is 16.3 Å². The number of rotatable bonds is 4. The van der Waals surface area contributed by atoms with Crippen molar-refractivity contribution in [3.63, 3.8) is 0 Å². The maximum Gasteiger partial charge on any atom is 0.140 e. The van der Waals surface area contributed by atoms with Crippen molar-refractivity contribution in [3.8, 4) is 5.75 Å². The van der Waals surface area contributed by atoms with E-state index in [9.17, 15) is 5.11 Å². The summed E-state index contributed by atoms with van der Waals surface area (Å²) >= 11 is 5.05. The highest BCUT2D eigenvalue weighted by Gasteiger charge is 2.11. The average Bonchev–Trinajstić information content (AvgIpc) is 2.87. The first-order chi connectivity index (χ1) is 10.1. The molecule has 0 spiro atoms. The number of hydrogen-bond acceptors (Lipinski definition) is 4. The molecule has 1 heterocycles. The number of para-hydroxylation sites is 1. The summed E-state index contributed by atoms with van der Waals surface area (Å²) in [5.41, 5.74) is 1.77. The van der Waals surface area contributed by atoms with Gasteiger partial charge in [0.25, 0.3) is 0 Å². The van der Waals surface area contributed by atoms with Crippen LogP contribution in [0.5, 0.6) is 5.75 Å². The molecule has 0 radical (unpaired) electrons. The van der Waals surface area contributed by atoms with Gasteiger partial charge < -0.3 is 9.84 Å². The molecule has 108 valence electrons. The highest BCUT2D eigenvalue weighted by molar-refractivity contribution is 9.10. The summed E-state index contributed by atoms with van der Waals surface area (Å²) in [4.78, 5) is 4.54. The maximum atomic E-state index is 9.80. The summed E-state index contributed by atoms with van der Waals surface area (Å²) in [5, 5.41) is 10.7. The molecule has 0 aliphatic rings. The minimum atomic E-state index is -0.566. The molecule has 0 unspecified atom stereocenters. The number of benzene rings is 2. The van der Waals surface area contributed by atoms with Gasteiger partial charge in [-0.3, -0.25) is 0 Å². The van der Waals surface area contributed by atoms with Gasteiger partial charge in [-0.1, -0.05) is 34.1 Å². The Labute approximate surface area is 135 Å². The third-order valence-corrected chi connectivity index (χ3v) is 4.62. The monoisotopic (exact) mass is 363 g/mol. The zero-order valence-corrected chi connectivity index (χ0v) is 13.8.